The van der Waals surface area contributed by atoms with Crippen molar-refractivity contribution in [2.45, 2.75) is 38.2 Å². The van der Waals surface area contributed by atoms with Crippen molar-refractivity contribution in [3.8, 4) is 0 Å². The highest BCUT2D eigenvalue weighted by molar-refractivity contribution is 7.87. The first-order valence-electron chi connectivity index (χ1n) is 8.16. The third-order valence-electron chi connectivity index (χ3n) is 3.94. The van der Waals surface area contributed by atoms with Crippen LogP contribution in [0.5, 0.6) is 0 Å². The number of alkyl halides is 3. The van der Waals surface area contributed by atoms with Gasteiger partial charge in [0.05, 0.1) is 6.54 Å². The Kier molecular flexibility index (Phi) is 6.46. The SMILES string of the molecule is CCCC(=O)C1=C(OS(=O)(=O)C(F)(F)F)CN(Cc2ccccc2)CC1. The van der Waals surface area contributed by atoms with Crippen LogP contribution in [-0.4, -0.2) is 37.7 Å². The van der Waals surface area contributed by atoms with Gasteiger partial charge < -0.3 is 4.18 Å². The topological polar surface area (TPSA) is 63.7 Å². The quantitative estimate of drug-likeness (QED) is 0.527. The third kappa shape index (κ3) is 5.07. The minimum Gasteiger partial charge on any atom is -0.379 e. The average molecular weight is 391 g/mol. The van der Waals surface area contributed by atoms with Gasteiger partial charge >= 0.3 is 15.6 Å². The molecule has 0 fully saturated rings. The fraction of sp³-hybridized carbons (Fsp3) is 0.471. The first-order chi connectivity index (χ1) is 12.1. The summed E-state index contributed by atoms with van der Waals surface area (Å²) in [6.07, 6.45) is 0.788. The van der Waals surface area contributed by atoms with E-state index in [1.165, 1.54) is 0 Å². The van der Waals surface area contributed by atoms with Gasteiger partial charge in [0.15, 0.2) is 5.78 Å². The molecule has 9 heteroatoms. The summed E-state index contributed by atoms with van der Waals surface area (Å²) < 4.78 is 65.2. The van der Waals surface area contributed by atoms with Crippen molar-refractivity contribution in [1.82, 2.24) is 4.90 Å². The van der Waals surface area contributed by atoms with E-state index in [9.17, 15) is 26.4 Å². The van der Waals surface area contributed by atoms with E-state index in [0.717, 1.165) is 5.56 Å². The van der Waals surface area contributed by atoms with Crippen molar-refractivity contribution in [2.24, 2.45) is 0 Å². The molecule has 1 heterocycles. The highest BCUT2D eigenvalue weighted by Crippen LogP contribution is 2.30. The molecule has 144 valence electrons. The molecular formula is C17H20F3NO4S. The molecule has 26 heavy (non-hydrogen) atoms. The average Bonchev–Trinajstić information content (AvgIpc) is 2.55. The van der Waals surface area contributed by atoms with Gasteiger partial charge in [-0.3, -0.25) is 9.69 Å². The molecule has 1 aromatic rings. The first kappa shape index (κ1) is 20.4. The van der Waals surface area contributed by atoms with E-state index in [0.29, 0.717) is 19.5 Å². The number of carbonyl (C=O) groups excluding carboxylic acids is 1. The fourth-order valence-electron chi connectivity index (χ4n) is 2.69. The Hall–Kier alpha value is -1.87. The standard InChI is InChI=1S/C17H20F3NO4S/c1-2-6-15(22)14-9-10-21(11-13-7-4-3-5-8-13)12-16(14)25-26(23,24)17(18,19)20/h3-5,7-8H,2,6,9-12H2,1H3. The molecular weight excluding hydrogens is 371 g/mol. The van der Waals surface area contributed by atoms with E-state index in [-0.39, 0.29) is 30.7 Å². The number of Topliss-reactive ketones (excluding diaryl/α,β-unsaturated/α-hetero) is 1. The summed E-state index contributed by atoms with van der Waals surface area (Å²) >= 11 is 0. The molecule has 0 atom stereocenters. The summed E-state index contributed by atoms with van der Waals surface area (Å²) in [7, 11) is -5.81. The summed E-state index contributed by atoms with van der Waals surface area (Å²) in [5.74, 6) is -0.804. The van der Waals surface area contributed by atoms with Crippen LogP contribution < -0.4 is 0 Å². The number of halogens is 3. The molecule has 0 saturated carbocycles. The molecule has 1 aromatic carbocycles. The summed E-state index contributed by atoms with van der Waals surface area (Å²) in [5, 5.41) is 0. The van der Waals surface area contributed by atoms with Crippen LogP contribution in [0.3, 0.4) is 0 Å². The van der Waals surface area contributed by atoms with Gasteiger partial charge in [-0.15, -0.1) is 0 Å². The number of hydrogen-bond donors (Lipinski definition) is 0. The molecule has 0 unspecified atom stereocenters. The minimum atomic E-state index is -5.81. The lowest BCUT2D eigenvalue weighted by Gasteiger charge is -2.30. The van der Waals surface area contributed by atoms with Crippen LogP contribution in [0.4, 0.5) is 13.2 Å². The van der Waals surface area contributed by atoms with Crippen molar-refractivity contribution in [1.29, 1.82) is 0 Å². The van der Waals surface area contributed by atoms with Gasteiger partial charge in [-0.05, 0) is 18.4 Å². The molecule has 2 rings (SSSR count). The van der Waals surface area contributed by atoms with Crippen LogP contribution in [0.1, 0.15) is 31.7 Å². The molecule has 5 nitrogen and oxygen atoms in total. The molecule has 1 aliphatic rings. The maximum Gasteiger partial charge on any atom is 0.534 e. The number of hydrogen-bond acceptors (Lipinski definition) is 5. The lowest BCUT2D eigenvalue weighted by molar-refractivity contribution is -0.116. The van der Waals surface area contributed by atoms with Crippen molar-refractivity contribution in [3.63, 3.8) is 0 Å². The van der Waals surface area contributed by atoms with Gasteiger partial charge in [0.1, 0.15) is 5.76 Å². The zero-order valence-electron chi connectivity index (χ0n) is 14.3. The molecule has 0 aromatic heterocycles. The second-order valence-corrected chi connectivity index (χ2v) is 7.54. The minimum absolute atomic E-state index is 0.0315. The largest absolute Gasteiger partial charge is 0.534 e. The van der Waals surface area contributed by atoms with Crippen molar-refractivity contribution >= 4 is 15.9 Å². The van der Waals surface area contributed by atoms with Crippen LogP contribution >= 0.6 is 0 Å². The summed E-state index contributed by atoms with van der Waals surface area (Å²) in [6.45, 7) is 2.43. The Morgan fingerprint density at radius 2 is 1.88 bits per heavy atom. The predicted octanol–water partition coefficient (Wildman–Crippen LogP) is 3.38. The Morgan fingerprint density at radius 1 is 1.23 bits per heavy atom. The summed E-state index contributed by atoms with van der Waals surface area (Å²) in [5.41, 5.74) is -4.58. The van der Waals surface area contributed by atoms with Gasteiger partial charge in [0.2, 0.25) is 0 Å². The molecule has 0 spiro atoms. The Labute approximate surface area is 150 Å². The van der Waals surface area contributed by atoms with Gasteiger partial charge in [-0.25, -0.2) is 0 Å². The van der Waals surface area contributed by atoms with E-state index >= 15 is 0 Å². The fourth-order valence-corrected chi connectivity index (χ4v) is 3.21. The highest BCUT2D eigenvalue weighted by Gasteiger charge is 2.49. The van der Waals surface area contributed by atoms with Crippen LogP contribution in [0.15, 0.2) is 41.7 Å². The van der Waals surface area contributed by atoms with Crippen LogP contribution in [0.25, 0.3) is 0 Å². The number of carbonyl (C=O) groups is 1. The summed E-state index contributed by atoms with van der Waals surface area (Å²) in [4.78, 5) is 13.9. The smallest absolute Gasteiger partial charge is 0.379 e. The van der Waals surface area contributed by atoms with E-state index in [1.54, 1.807) is 11.8 Å². The monoisotopic (exact) mass is 391 g/mol. The third-order valence-corrected chi connectivity index (χ3v) is 4.93. The van der Waals surface area contributed by atoms with Gasteiger partial charge in [-0.2, -0.15) is 21.6 Å². The van der Waals surface area contributed by atoms with Crippen LogP contribution in [0.2, 0.25) is 0 Å². The number of rotatable bonds is 7. The zero-order valence-corrected chi connectivity index (χ0v) is 15.1. The van der Waals surface area contributed by atoms with E-state index in [1.807, 2.05) is 30.3 Å². The Morgan fingerprint density at radius 3 is 2.46 bits per heavy atom. The van der Waals surface area contributed by atoms with Gasteiger partial charge in [0, 0.05) is 25.1 Å². The van der Waals surface area contributed by atoms with Crippen molar-refractivity contribution in [2.75, 3.05) is 13.1 Å². The predicted molar refractivity (Wildman–Crippen MR) is 89.3 cm³/mol. The normalized spacial score (nSPS) is 16.6. The Balaban J connectivity index is 2.26. The van der Waals surface area contributed by atoms with Crippen LogP contribution in [-0.2, 0) is 25.6 Å². The molecule has 0 amide bonds. The maximum absolute atomic E-state index is 12.7. The number of benzene rings is 1. The van der Waals surface area contributed by atoms with Gasteiger partial charge in [-0.1, -0.05) is 37.3 Å². The molecule has 0 aliphatic carbocycles. The van der Waals surface area contributed by atoms with Crippen molar-refractivity contribution < 1.29 is 30.6 Å². The van der Waals surface area contributed by atoms with Crippen molar-refractivity contribution in [3.05, 3.63) is 47.2 Å². The molecule has 0 bridgehead atoms. The molecule has 1 aliphatic heterocycles. The zero-order chi connectivity index (χ0) is 19.4. The van der Waals surface area contributed by atoms with E-state index in [2.05, 4.69) is 4.18 Å². The second kappa shape index (κ2) is 8.22. The first-order valence-corrected chi connectivity index (χ1v) is 9.57. The van der Waals surface area contributed by atoms with E-state index in [4.69, 9.17) is 0 Å². The summed E-state index contributed by atoms with van der Waals surface area (Å²) in [6, 6.07) is 9.21. The molecule has 0 radical (unpaired) electrons. The maximum atomic E-state index is 12.7. The number of ketones is 1. The lowest BCUT2D eigenvalue weighted by atomic mass is 9.99. The molecule has 0 N–H and O–H groups in total. The van der Waals surface area contributed by atoms with Gasteiger partial charge in [0.25, 0.3) is 0 Å². The van der Waals surface area contributed by atoms with Crippen LogP contribution in [0, 0.1) is 0 Å². The Bertz CT molecular complexity index is 773. The van der Waals surface area contributed by atoms with E-state index < -0.39 is 21.4 Å². The molecule has 0 saturated heterocycles. The highest BCUT2D eigenvalue weighted by atomic mass is 32.2. The second-order valence-electron chi connectivity index (χ2n) is 6.00. The number of nitrogens with zero attached hydrogens (tertiary/aromatic N) is 1. The lowest BCUT2D eigenvalue weighted by Crippen LogP contribution is -2.36.